The normalized spacial score (nSPS) is 10.8. The first-order valence-electron chi connectivity index (χ1n) is 9.05. The van der Waals surface area contributed by atoms with Gasteiger partial charge >= 0.3 is 0 Å². The molecule has 6 heteroatoms. The number of carbonyl (C=O) groups is 1. The van der Waals surface area contributed by atoms with Gasteiger partial charge in [-0.05, 0) is 24.5 Å². The van der Waals surface area contributed by atoms with Crippen molar-refractivity contribution in [3.05, 3.63) is 54.1 Å². The lowest BCUT2D eigenvalue weighted by molar-refractivity contribution is 0.0949. The molecule has 6 nitrogen and oxygen atoms in total. The summed E-state index contributed by atoms with van der Waals surface area (Å²) in [6.07, 6.45) is 6.43. The summed E-state index contributed by atoms with van der Waals surface area (Å²) in [5, 5.41) is 4.15. The van der Waals surface area contributed by atoms with E-state index in [1.807, 2.05) is 30.3 Å². The Morgan fingerprint density at radius 1 is 1.27 bits per heavy atom. The van der Waals surface area contributed by atoms with Crippen molar-refractivity contribution in [1.82, 2.24) is 20.3 Å². The van der Waals surface area contributed by atoms with Gasteiger partial charge in [0, 0.05) is 43.3 Å². The minimum Gasteiger partial charge on any atom is -0.361 e. The smallest absolute Gasteiger partial charge is 0.270 e. The lowest BCUT2D eigenvalue weighted by atomic mass is 10.1. The van der Waals surface area contributed by atoms with Gasteiger partial charge in [-0.3, -0.25) is 4.79 Å². The van der Waals surface area contributed by atoms with Crippen LogP contribution in [0.4, 0.5) is 5.82 Å². The van der Waals surface area contributed by atoms with Gasteiger partial charge < -0.3 is 15.2 Å². The van der Waals surface area contributed by atoms with Gasteiger partial charge in [0.15, 0.2) is 0 Å². The highest BCUT2D eigenvalue weighted by molar-refractivity contribution is 5.93. The summed E-state index contributed by atoms with van der Waals surface area (Å²) in [6.45, 7) is 3.63. The van der Waals surface area contributed by atoms with Crippen molar-refractivity contribution in [2.75, 3.05) is 25.0 Å². The van der Waals surface area contributed by atoms with E-state index in [4.69, 9.17) is 0 Å². The molecule has 136 valence electrons. The molecule has 0 bridgehead atoms. The third-order valence-electron chi connectivity index (χ3n) is 4.48. The number of rotatable bonds is 8. The fourth-order valence-corrected chi connectivity index (χ4v) is 2.93. The van der Waals surface area contributed by atoms with Crippen LogP contribution in [0.2, 0.25) is 0 Å². The number of carbonyl (C=O) groups excluding carboxylic acids is 1. The van der Waals surface area contributed by atoms with Gasteiger partial charge in [-0.2, -0.15) is 0 Å². The molecule has 0 radical (unpaired) electrons. The molecule has 0 unspecified atom stereocenters. The van der Waals surface area contributed by atoms with Crippen LogP contribution < -0.4 is 10.2 Å². The summed E-state index contributed by atoms with van der Waals surface area (Å²) in [5.41, 5.74) is 2.71. The van der Waals surface area contributed by atoms with Crippen molar-refractivity contribution in [3.63, 3.8) is 0 Å². The van der Waals surface area contributed by atoms with Gasteiger partial charge in [-0.15, -0.1) is 0 Å². The van der Waals surface area contributed by atoms with Crippen LogP contribution in [0.5, 0.6) is 0 Å². The summed E-state index contributed by atoms with van der Waals surface area (Å²) in [6, 6.07) is 9.92. The Labute approximate surface area is 153 Å². The zero-order chi connectivity index (χ0) is 18.4. The van der Waals surface area contributed by atoms with Crippen molar-refractivity contribution in [3.8, 4) is 0 Å². The van der Waals surface area contributed by atoms with Crippen LogP contribution in [-0.4, -0.2) is 41.0 Å². The van der Waals surface area contributed by atoms with Crippen LogP contribution >= 0.6 is 0 Å². The second-order valence-electron chi connectivity index (χ2n) is 6.40. The summed E-state index contributed by atoms with van der Waals surface area (Å²) in [4.78, 5) is 26.1. The van der Waals surface area contributed by atoms with E-state index in [1.54, 1.807) is 6.07 Å². The van der Waals surface area contributed by atoms with Gasteiger partial charge in [0.25, 0.3) is 5.91 Å². The molecule has 1 aromatic carbocycles. The van der Waals surface area contributed by atoms with Crippen molar-refractivity contribution in [2.24, 2.45) is 0 Å². The zero-order valence-corrected chi connectivity index (χ0v) is 15.3. The first kappa shape index (κ1) is 17.9. The van der Waals surface area contributed by atoms with Gasteiger partial charge in [-0.1, -0.05) is 31.5 Å². The quantitative estimate of drug-likeness (QED) is 0.654. The third kappa shape index (κ3) is 4.20. The molecular weight excluding hydrogens is 326 g/mol. The molecule has 0 saturated heterocycles. The number of nitrogens with zero attached hydrogens (tertiary/aromatic N) is 3. The second kappa shape index (κ2) is 8.47. The molecule has 3 aromatic rings. The van der Waals surface area contributed by atoms with Crippen LogP contribution in [0, 0.1) is 0 Å². The Hall–Kier alpha value is -2.89. The second-order valence-corrected chi connectivity index (χ2v) is 6.40. The number of unbranched alkanes of at least 4 members (excludes halogenated alkanes) is 1. The van der Waals surface area contributed by atoms with E-state index >= 15 is 0 Å². The van der Waals surface area contributed by atoms with Crippen molar-refractivity contribution >= 4 is 22.6 Å². The van der Waals surface area contributed by atoms with Crippen LogP contribution in [-0.2, 0) is 6.42 Å². The fourth-order valence-electron chi connectivity index (χ4n) is 2.93. The molecule has 0 aliphatic rings. The number of para-hydroxylation sites is 1. The van der Waals surface area contributed by atoms with Gasteiger partial charge in [0.2, 0.25) is 0 Å². The predicted molar refractivity (Wildman–Crippen MR) is 105 cm³/mol. The Balaban J connectivity index is 1.58. The number of benzene rings is 1. The maximum absolute atomic E-state index is 12.4. The third-order valence-corrected chi connectivity index (χ3v) is 4.48. The number of amides is 1. The van der Waals surface area contributed by atoms with Gasteiger partial charge in [0.1, 0.15) is 17.8 Å². The molecule has 0 aliphatic carbocycles. The van der Waals surface area contributed by atoms with Crippen LogP contribution in [0.3, 0.4) is 0 Å². The van der Waals surface area contributed by atoms with E-state index in [-0.39, 0.29) is 5.91 Å². The fraction of sp³-hybridized carbons (Fsp3) is 0.350. The molecule has 0 fully saturated rings. The van der Waals surface area contributed by atoms with Gasteiger partial charge in [-0.25, -0.2) is 9.97 Å². The molecule has 26 heavy (non-hydrogen) atoms. The molecule has 2 N–H and O–H groups in total. The minimum atomic E-state index is -0.169. The molecule has 3 rings (SSSR count). The maximum atomic E-state index is 12.4. The van der Waals surface area contributed by atoms with Crippen molar-refractivity contribution in [2.45, 2.75) is 26.2 Å². The summed E-state index contributed by atoms with van der Waals surface area (Å²) in [5.74, 6) is 0.604. The molecule has 0 saturated carbocycles. The van der Waals surface area contributed by atoms with E-state index in [0.29, 0.717) is 12.2 Å². The topological polar surface area (TPSA) is 73.9 Å². The number of H-pyrrole nitrogens is 1. The summed E-state index contributed by atoms with van der Waals surface area (Å²) in [7, 11) is 1.98. The number of nitrogens with one attached hydrogen (secondary N) is 2. The van der Waals surface area contributed by atoms with Crippen LogP contribution in [0.1, 0.15) is 35.8 Å². The lowest BCUT2D eigenvalue weighted by Gasteiger charge is -2.17. The minimum absolute atomic E-state index is 0.169. The number of fused-ring (bicyclic) bond motifs is 1. The highest BCUT2D eigenvalue weighted by Crippen LogP contribution is 2.17. The Morgan fingerprint density at radius 2 is 2.12 bits per heavy atom. The largest absolute Gasteiger partial charge is 0.361 e. The first-order chi connectivity index (χ1) is 12.7. The SMILES string of the molecule is CCCCN(C)c1cc(C(=O)NCCc2c[nH]c3ccccc23)ncn1. The van der Waals surface area contributed by atoms with Crippen molar-refractivity contribution in [1.29, 1.82) is 0 Å². The van der Waals surface area contributed by atoms with E-state index in [0.717, 1.165) is 37.1 Å². The van der Waals surface area contributed by atoms with Crippen LogP contribution in [0.15, 0.2) is 42.9 Å². The number of anilines is 1. The molecule has 0 atom stereocenters. The molecule has 2 aromatic heterocycles. The van der Waals surface area contributed by atoms with E-state index in [1.165, 1.54) is 17.3 Å². The number of hydrogen-bond donors (Lipinski definition) is 2. The molecule has 0 spiro atoms. The Bertz CT molecular complexity index is 873. The number of aromatic amines is 1. The van der Waals surface area contributed by atoms with E-state index < -0.39 is 0 Å². The van der Waals surface area contributed by atoms with Crippen LogP contribution in [0.25, 0.3) is 10.9 Å². The standard InChI is InChI=1S/C20H25N5O/c1-3-4-11-25(2)19-12-18(23-14-24-19)20(26)21-10-9-15-13-22-17-8-6-5-7-16(15)17/h5-8,12-14,22H,3-4,9-11H2,1-2H3,(H,21,26). The number of aromatic nitrogens is 3. The Morgan fingerprint density at radius 3 is 2.96 bits per heavy atom. The average Bonchev–Trinajstić information content (AvgIpc) is 3.09. The van der Waals surface area contributed by atoms with Crippen molar-refractivity contribution < 1.29 is 4.79 Å². The average molecular weight is 351 g/mol. The monoisotopic (exact) mass is 351 g/mol. The molecule has 0 aliphatic heterocycles. The van der Waals surface area contributed by atoms with E-state index in [9.17, 15) is 4.79 Å². The molecule has 2 heterocycles. The van der Waals surface area contributed by atoms with E-state index in [2.05, 4.69) is 39.3 Å². The summed E-state index contributed by atoms with van der Waals surface area (Å²) < 4.78 is 0. The summed E-state index contributed by atoms with van der Waals surface area (Å²) >= 11 is 0. The first-order valence-corrected chi connectivity index (χ1v) is 9.05. The Kier molecular flexibility index (Phi) is 5.84. The van der Waals surface area contributed by atoms with Gasteiger partial charge in [0.05, 0.1) is 0 Å². The predicted octanol–water partition coefficient (Wildman–Crippen LogP) is 3.17. The molecular formula is C20H25N5O. The molecule has 1 amide bonds. The maximum Gasteiger partial charge on any atom is 0.270 e. The zero-order valence-electron chi connectivity index (χ0n) is 15.3. The highest BCUT2D eigenvalue weighted by Gasteiger charge is 2.11. The highest BCUT2D eigenvalue weighted by atomic mass is 16.1. The number of hydrogen-bond acceptors (Lipinski definition) is 4. The lowest BCUT2D eigenvalue weighted by Crippen LogP contribution is -2.27.